The molecule has 0 saturated carbocycles. The van der Waals surface area contributed by atoms with E-state index in [0.29, 0.717) is 29.6 Å². The zero-order valence-electron chi connectivity index (χ0n) is 23.3. The Morgan fingerprint density at radius 2 is 1.87 bits per heavy atom. The summed E-state index contributed by atoms with van der Waals surface area (Å²) >= 11 is 8.20. The van der Waals surface area contributed by atoms with Gasteiger partial charge in [0.2, 0.25) is 11.8 Å². The molecule has 0 bridgehead atoms. The predicted octanol–water partition coefficient (Wildman–Crippen LogP) is 4.68. The van der Waals surface area contributed by atoms with Crippen LogP contribution in [0.5, 0.6) is 5.75 Å². The van der Waals surface area contributed by atoms with Crippen molar-refractivity contribution >= 4 is 41.0 Å². The molecule has 0 saturated heterocycles. The number of carbonyl (C=O) groups excluding carboxylic acids is 2. The van der Waals surface area contributed by atoms with Gasteiger partial charge in [-0.1, -0.05) is 62.7 Å². The number of methoxy groups -OCH3 is 1. The van der Waals surface area contributed by atoms with Crippen molar-refractivity contribution in [2.24, 2.45) is 0 Å². The zero-order valence-corrected chi connectivity index (χ0v) is 24.9. The lowest BCUT2D eigenvalue weighted by molar-refractivity contribution is -0.122. The molecule has 1 N–H and O–H groups in total. The van der Waals surface area contributed by atoms with E-state index in [1.165, 1.54) is 11.8 Å². The van der Waals surface area contributed by atoms with E-state index in [2.05, 4.69) is 26.1 Å². The Balaban J connectivity index is 1.96. The molecule has 2 heterocycles. The Morgan fingerprint density at radius 1 is 1.18 bits per heavy atom. The van der Waals surface area contributed by atoms with Crippen molar-refractivity contribution in [3.63, 3.8) is 0 Å². The first-order valence-electron chi connectivity index (χ1n) is 12.9. The quantitative estimate of drug-likeness (QED) is 0.424. The summed E-state index contributed by atoms with van der Waals surface area (Å²) in [4.78, 5) is 30.4. The molecule has 4 rings (SSSR count). The Kier molecular flexibility index (Phi) is 8.93. The minimum absolute atomic E-state index is 0.127. The Hall–Kier alpha value is -3.01. The number of nitrogens with one attached hydrogen (secondary N) is 1. The molecule has 39 heavy (non-hydrogen) atoms. The Bertz CT molecular complexity index is 1350. The van der Waals surface area contributed by atoms with Gasteiger partial charge < -0.3 is 15.0 Å². The van der Waals surface area contributed by atoms with Crippen LogP contribution in [0.2, 0.25) is 5.02 Å². The number of carbonyl (C=O) groups is 2. The molecule has 2 amide bonds. The lowest BCUT2D eigenvalue weighted by Crippen LogP contribution is -2.43. The van der Waals surface area contributed by atoms with Crippen molar-refractivity contribution in [2.45, 2.75) is 31.4 Å². The number of anilines is 1. The minimum atomic E-state index is -0.371. The molecule has 8 nitrogen and oxygen atoms in total. The molecule has 1 aromatic heterocycles. The van der Waals surface area contributed by atoms with Gasteiger partial charge in [0.25, 0.3) is 0 Å². The van der Waals surface area contributed by atoms with Crippen LogP contribution >= 0.6 is 23.4 Å². The predicted molar refractivity (Wildman–Crippen MR) is 158 cm³/mol. The van der Waals surface area contributed by atoms with Crippen molar-refractivity contribution in [1.82, 2.24) is 20.0 Å². The van der Waals surface area contributed by atoms with Gasteiger partial charge in [-0.05, 0) is 32.3 Å². The third kappa shape index (κ3) is 6.26. The largest absolute Gasteiger partial charge is 0.496 e. The molecule has 0 unspecified atom stereocenters. The zero-order chi connectivity index (χ0) is 28.3. The smallest absolute Gasteiger partial charge is 0.240 e. The maximum absolute atomic E-state index is 13.8. The van der Waals surface area contributed by atoms with Crippen LogP contribution in [0.25, 0.3) is 5.69 Å². The fourth-order valence-electron chi connectivity index (χ4n) is 4.61. The third-order valence-corrected chi connectivity index (χ3v) is 8.04. The number of para-hydroxylation sites is 2. The van der Waals surface area contributed by atoms with Crippen molar-refractivity contribution in [2.75, 3.05) is 51.5 Å². The number of hydrogen-bond acceptors (Lipinski definition) is 6. The molecule has 208 valence electrons. The minimum Gasteiger partial charge on any atom is -0.496 e. The summed E-state index contributed by atoms with van der Waals surface area (Å²) in [6.45, 7) is 7.35. The molecule has 2 aromatic carbocycles. The number of amides is 2. The molecule has 0 aliphatic carbocycles. The summed E-state index contributed by atoms with van der Waals surface area (Å²) in [6, 6.07) is 15.3. The van der Waals surface area contributed by atoms with Gasteiger partial charge in [0.05, 0.1) is 34.5 Å². The van der Waals surface area contributed by atoms with E-state index < -0.39 is 0 Å². The first-order chi connectivity index (χ1) is 18.5. The number of likely N-dealkylation sites (N-methyl/N-ethyl adjacent to an activating group) is 1. The molecule has 0 radical (unpaired) electrons. The van der Waals surface area contributed by atoms with E-state index in [1.54, 1.807) is 22.8 Å². The molecule has 10 heteroatoms. The summed E-state index contributed by atoms with van der Waals surface area (Å²) < 4.78 is 7.48. The molecule has 1 atom stereocenters. The summed E-state index contributed by atoms with van der Waals surface area (Å²) in [6.07, 6.45) is 0. The number of ether oxygens (including phenoxy) is 1. The van der Waals surface area contributed by atoms with Gasteiger partial charge in [0.15, 0.2) is 0 Å². The second kappa shape index (κ2) is 12.0. The molecule has 1 aliphatic heterocycles. The molecular formula is C29H36ClN5O3S. The van der Waals surface area contributed by atoms with Crippen LogP contribution in [0.3, 0.4) is 0 Å². The fraction of sp³-hybridized carbons (Fsp3) is 0.414. The van der Waals surface area contributed by atoms with E-state index in [-0.39, 0.29) is 34.8 Å². The van der Waals surface area contributed by atoms with Gasteiger partial charge in [-0.25, -0.2) is 4.68 Å². The number of halogens is 1. The number of hydrogen-bond donors (Lipinski definition) is 1. The summed E-state index contributed by atoms with van der Waals surface area (Å²) in [7, 11) is 5.54. The monoisotopic (exact) mass is 569 g/mol. The van der Waals surface area contributed by atoms with Crippen LogP contribution in [0.1, 0.15) is 42.8 Å². The number of thioether (sulfide) groups is 1. The maximum Gasteiger partial charge on any atom is 0.240 e. The van der Waals surface area contributed by atoms with Crippen LogP contribution in [0.15, 0.2) is 48.5 Å². The van der Waals surface area contributed by atoms with Crippen LogP contribution in [0, 0.1) is 0 Å². The number of aromatic nitrogens is 2. The van der Waals surface area contributed by atoms with Gasteiger partial charge >= 0.3 is 0 Å². The van der Waals surface area contributed by atoms with Gasteiger partial charge in [0.1, 0.15) is 18.1 Å². The van der Waals surface area contributed by atoms with E-state index in [9.17, 15) is 9.59 Å². The summed E-state index contributed by atoms with van der Waals surface area (Å²) in [5, 5.41) is 8.28. The normalized spacial score (nSPS) is 15.7. The molecule has 3 aromatic rings. The van der Waals surface area contributed by atoms with E-state index in [0.717, 1.165) is 22.6 Å². The van der Waals surface area contributed by atoms with Crippen LogP contribution in [-0.4, -0.2) is 73.1 Å². The molecule has 0 fully saturated rings. The van der Waals surface area contributed by atoms with Crippen molar-refractivity contribution < 1.29 is 14.3 Å². The van der Waals surface area contributed by atoms with E-state index in [1.807, 2.05) is 61.5 Å². The maximum atomic E-state index is 13.8. The second-order valence-corrected chi connectivity index (χ2v) is 12.3. The average Bonchev–Trinajstić information content (AvgIpc) is 3.22. The molecular weight excluding hydrogens is 534 g/mol. The van der Waals surface area contributed by atoms with Crippen molar-refractivity contribution in [1.29, 1.82) is 0 Å². The molecule has 0 spiro atoms. The van der Waals surface area contributed by atoms with Crippen LogP contribution < -0.4 is 15.0 Å². The highest BCUT2D eigenvalue weighted by molar-refractivity contribution is 8.00. The first-order valence-corrected chi connectivity index (χ1v) is 14.3. The van der Waals surface area contributed by atoms with Crippen molar-refractivity contribution in [3.05, 3.63) is 70.4 Å². The average molecular weight is 570 g/mol. The lowest BCUT2D eigenvalue weighted by Gasteiger charge is -2.25. The highest BCUT2D eigenvalue weighted by Crippen LogP contribution is 2.50. The van der Waals surface area contributed by atoms with Gasteiger partial charge in [-0.2, -0.15) is 5.10 Å². The van der Waals surface area contributed by atoms with Gasteiger partial charge in [-0.3, -0.25) is 14.5 Å². The molecule has 1 aliphatic rings. The van der Waals surface area contributed by atoms with E-state index in [4.69, 9.17) is 21.4 Å². The highest BCUT2D eigenvalue weighted by Gasteiger charge is 2.40. The van der Waals surface area contributed by atoms with Crippen LogP contribution in [-0.2, 0) is 15.0 Å². The SMILES string of the molecule is COc1ccccc1[C@@H]1SCC(=O)N(CC(=O)NCCN(C)C)c2c1c(C(C)(C)C)nn2-c1ccccc1Cl. The third-order valence-electron chi connectivity index (χ3n) is 6.48. The number of benzene rings is 2. The fourth-order valence-corrected chi connectivity index (χ4v) is 6.05. The van der Waals surface area contributed by atoms with Gasteiger partial charge in [-0.15, -0.1) is 11.8 Å². The summed E-state index contributed by atoms with van der Waals surface area (Å²) in [5.74, 6) is 1.07. The topological polar surface area (TPSA) is 79.7 Å². The second-order valence-electron chi connectivity index (χ2n) is 10.8. The van der Waals surface area contributed by atoms with Gasteiger partial charge in [0, 0.05) is 29.6 Å². The van der Waals surface area contributed by atoms with Crippen LogP contribution in [0.4, 0.5) is 5.82 Å². The van der Waals surface area contributed by atoms with Crippen molar-refractivity contribution in [3.8, 4) is 11.4 Å². The number of fused-ring (bicyclic) bond motifs is 1. The lowest BCUT2D eigenvalue weighted by atomic mass is 9.87. The van der Waals surface area contributed by atoms with E-state index >= 15 is 0 Å². The first kappa shape index (κ1) is 29.0. The Morgan fingerprint density at radius 3 is 2.54 bits per heavy atom. The Labute approximate surface area is 239 Å². The number of rotatable bonds is 8. The summed E-state index contributed by atoms with van der Waals surface area (Å²) in [5.41, 5.74) is 2.92. The highest BCUT2D eigenvalue weighted by atomic mass is 35.5. The number of nitrogens with zero attached hydrogens (tertiary/aromatic N) is 4. The standard InChI is InChI=1S/C29H36ClN5O3S/c1-29(2,3)27-25-26(19-11-7-10-14-22(19)38-6)39-18-24(37)34(17-23(36)31-15-16-33(4)5)28(25)35(32-27)21-13-9-8-12-20(21)30/h7-14,26H,15-18H2,1-6H3,(H,31,36)/t26-/m0/s1.